The number of alkyl halides is 1. The van der Waals surface area contributed by atoms with E-state index >= 15 is 0 Å². The Labute approximate surface area is 287 Å². The first-order chi connectivity index (χ1) is 22.9. The lowest BCUT2D eigenvalue weighted by atomic mass is 9.76. The number of H-pyrrole nitrogens is 1. The predicted octanol–water partition coefficient (Wildman–Crippen LogP) is 7.40. The monoisotopic (exact) mass is 688 g/mol. The summed E-state index contributed by atoms with van der Waals surface area (Å²) in [5.41, 5.74) is 0.653. The molecule has 2 heterocycles. The number of halogens is 2. The highest BCUT2D eigenvalue weighted by Crippen LogP contribution is 2.42. The summed E-state index contributed by atoms with van der Waals surface area (Å²) in [6, 6.07) is 3.98. The molecule has 10 nitrogen and oxygen atoms in total. The SMILES string of the molecule is CCOC(=O)c1[nH]c2ccc(NC(=O)[C@@H]3[C@H](C4CCCCC4)CCN3C(=O)[C@H]3CC[C@H]([C@@H](CF)NC(=O)OC(C)(C)C)CC3)cc2c1Cl. The summed E-state index contributed by atoms with van der Waals surface area (Å²) in [4.78, 5) is 57.8. The fourth-order valence-corrected chi connectivity index (χ4v) is 8.28. The van der Waals surface area contributed by atoms with Crippen LogP contribution < -0.4 is 10.6 Å². The third-order valence-electron chi connectivity index (χ3n) is 10.3. The van der Waals surface area contributed by atoms with Gasteiger partial charge in [-0.3, -0.25) is 9.59 Å². The van der Waals surface area contributed by atoms with Crippen LogP contribution >= 0.6 is 11.6 Å². The van der Waals surface area contributed by atoms with Gasteiger partial charge in [0.05, 0.1) is 17.7 Å². The molecule has 0 radical (unpaired) electrons. The number of esters is 1. The van der Waals surface area contributed by atoms with E-state index in [0.29, 0.717) is 54.7 Å². The second-order valence-corrected chi connectivity index (χ2v) is 15.0. The smallest absolute Gasteiger partial charge is 0.407 e. The molecule has 0 spiro atoms. The molecule has 1 aromatic heterocycles. The summed E-state index contributed by atoms with van der Waals surface area (Å²) in [5, 5.41) is 6.58. The van der Waals surface area contributed by atoms with Gasteiger partial charge >= 0.3 is 12.1 Å². The van der Waals surface area contributed by atoms with Gasteiger partial charge in [0.15, 0.2) is 0 Å². The number of nitrogens with one attached hydrogen (secondary N) is 3. The molecule has 0 bridgehead atoms. The van der Waals surface area contributed by atoms with Crippen LogP contribution in [0.3, 0.4) is 0 Å². The largest absolute Gasteiger partial charge is 0.461 e. The average Bonchev–Trinajstić information content (AvgIpc) is 3.65. The van der Waals surface area contributed by atoms with Crippen molar-refractivity contribution < 1.29 is 33.0 Å². The van der Waals surface area contributed by atoms with Crippen molar-refractivity contribution in [3.8, 4) is 0 Å². The Balaban J connectivity index is 1.29. The minimum absolute atomic E-state index is 0.0213. The van der Waals surface area contributed by atoms with Gasteiger partial charge in [-0.15, -0.1) is 0 Å². The first-order valence-corrected chi connectivity index (χ1v) is 17.9. The summed E-state index contributed by atoms with van der Waals surface area (Å²) in [6.45, 7) is 7.04. The zero-order valence-electron chi connectivity index (χ0n) is 28.5. The lowest BCUT2D eigenvalue weighted by molar-refractivity contribution is -0.142. The Morgan fingerprint density at radius 3 is 2.40 bits per heavy atom. The molecule has 3 fully saturated rings. The Morgan fingerprint density at radius 1 is 1.04 bits per heavy atom. The number of carbonyl (C=O) groups excluding carboxylic acids is 4. The number of aromatic amines is 1. The second-order valence-electron chi connectivity index (χ2n) is 14.6. The van der Waals surface area contributed by atoms with Crippen LogP contribution in [0, 0.1) is 23.7 Å². The highest BCUT2D eigenvalue weighted by molar-refractivity contribution is 6.38. The summed E-state index contributed by atoms with van der Waals surface area (Å²) in [7, 11) is 0. The molecule has 1 aliphatic heterocycles. The molecule has 264 valence electrons. The maximum atomic E-state index is 14.2. The topological polar surface area (TPSA) is 130 Å². The Hall–Kier alpha value is -3.34. The maximum absolute atomic E-state index is 14.2. The van der Waals surface area contributed by atoms with Crippen molar-refractivity contribution in [1.29, 1.82) is 0 Å². The lowest BCUT2D eigenvalue weighted by Crippen LogP contribution is -2.50. The maximum Gasteiger partial charge on any atom is 0.407 e. The quantitative estimate of drug-likeness (QED) is 0.236. The van der Waals surface area contributed by atoms with E-state index in [1.807, 2.05) is 0 Å². The Kier molecular flexibility index (Phi) is 11.6. The summed E-state index contributed by atoms with van der Waals surface area (Å²) >= 11 is 6.54. The first-order valence-electron chi connectivity index (χ1n) is 17.5. The number of aromatic nitrogens is 1. The van der Waals surface area contributed by atoms with Crippen molar-refractivity contribution in [2.24, 2.45) is 23.7 Å². The molecule has 5 rings (SSSR count). The predicted molar refractivity (Wildman–Crippen MR) is 183 cm³/mol. The third kappa shape index (κ3) is 8.26. The summed E-state index contributed by atoms with van der Waals surface area (Å²) < 4.78 is 24.5. The van der Waals surface area contributed by atoms with Gasteiger partial charge in [-0.2, -0.15) is 0 Å². The second kappa shape index (κ2) is 15.5. The van der Waals surface area contributed by atoms with Crippen molar-refractivity contribution in [1.82, 2.24) is 15.2 Å². The van der Waals surface area contributed by atoms with Crippen molar-refractivity contribution in [3.05, 3.63) is 28.9 Å². The van der Waals surface area contributed by atoms with Crippen LogP contribution in [0.25, 0.3) is 10.9 Å². The number of rotatable bonds is 9. The van der Waals surface area contributed by atoms with Gasteiger partial charge in [-0.05, 0) is 95.8 Å². The number of anilines is 1. The van der Waals surface area contributed by atoms with Crippen molar-refractivity contribution >= 4 is 52.1 Å². The van der Waals surface area contributed by atoms with E-state index in [1.54, 1.807) is 50.8 Å². The van der Waals surface area contributed by atoms with Crippen LogP contribution in [-0.4, -0.2) is 71.3 Å². The van der Waals surface area contributed by atoms with Crippen LogP contribution in [0.2, 0.25) is 5.02 Å². The van der Waals surface area contributed by atoms with Gasteiger partial charge < -0.3 is 30.0 Å². The van der Waals surface area contributed by atoms with Gasteiger partial charge in [0.2, 0.25) is 11.8 Å². The fraction of sp³-hybridized carbons (Fsp3) is 0.667. The minimum Gasteiger partial charge on any atom is -0.461 e. The molecule has 1 saturated heterocycles. The molecule has 2 aromatic rings. The van der Waals surface area contributed by atoms with Gasteiger partial charge in [-0.1, -0.05) is 43.7 Å². The summed E-state index contributed by atoms with van der Waals surface area (Å²) in [5.74, 6) is -0.713. The van der Waals surface area contributed by atoms with E-state index in [-0.39, 0.29) is 46.9 Å². The van der Waals surface area contributed by atoms with E-state index in [0.717, 1.165) is 32.1 Å². The number of fused-ring (bicyclic) bond motifs is 1. The molecular formula is C36H50ClFN4O6. The highest BCUT2D eigenvalue weighted by atomic mass is 35.5. The molecule has 48 heavy (non-hydrogen) atoms. The molecule has 3 amide bonds. The Bertz CT molecular complexity index is 1480. The number of amides is 3. The van der Waals surface area contributed by atoms with Gasteiger partial charge in [0.25, 0.3) is 0 Å². The minimum atomic E-state index is -0.705. The van der Waals surface area contributed by atoms with Gasteiger partial charge in [0, 0.05) is 29.1 Å². The number of hydrogen-bond donors (Lipinski definition) is 3. The van der Waals surface area contributed by atoms with Crippen molar-refractivity contribution in [2.45, 2.75) is 110 Å². The average molecular weight is 689 g/mol. The zero-order chi connectivity index (χ0) is 34.6. The van der Waals surface area contributed by atoms with E-state index < -0.39 is 36.4 Å². The van der Waals surface area contributed by atoms with Gasteiger partial charge in [-0.25, -0.2) is 14.0 Å². The number of carbonyl (C=O) groups is 4. The number of benzene rings is 1. The first kappa shape index (κ1) is 36.0. The number of hydrogen-bond acceptors (Lipinski definition) is 6. The molecule has 2 aliphatic carbocycles. The number of likely N-dealkylation sites (tertiary alicyclic amines) is 1. The normalized spacial score (nSPS) is 24.2. The molecule has 12 heteroatoms. The molecule has 3 atom stereocenters. The molecule has 3 aliphatic rings. The standard InChI is InChI=1S/C36H50ClFN4O6/c1-5-47-34(45)30-29(37)26-19-24(15-16-27(26)40-30)39-32(43)31-25(21-9-7-6-8-10-21)17-18-42(31)33(44)23-13-11-22(12-14-23)28(20-38)41-35(46)48-36(2,3)4/h15-16,19,21-23,25,28,31,40H,5-14,17-18,20H2,1-4H3,(H,39,43)(H,41,46)/t22-,23-,25-,28+,31-/m0/s1. The van der Waals surface area contributed by atoms with Crippen LogP contribution in [0.1, 0.15) is 102 Å². The van der Waals surface area contributed by atoms with Crippen LogP contribution in [0.4, 0.5) is 14.9 Å². The number of alkyl carbamates (subject to hydrolysis) is 1. The fourth-order valence-electron chi connectivity index (χ4n) is 8.00. The molecule has 1 aromatic carbocycles. The molecule has 0 unspecified atom stereocenters. The van der Waals surface area contributed by atoms with Crippen molar-refractivity contribution in [3.63, 3.8) is 0 Å². The Morgan fingerprint density at radius 2 is 1.75 bits per heavy atom. The van der Waals surface area contributed by atoms with Crippen LogP contribution in [0.5, 0.6) is 0 Å². The molecular weight excluding hydrogens is 639 g/mol. The van der Waals surface area contributed by atoms with E-state index in [9.17, 15) is 23.6 Å². The lowest BCUT2D eigenvalue weighted by Gasteiger charge is -2.37. The van der Waals surface area contributed by atoms with E-state index in [4.69, 9.17) is 21.1 Å². The van der Waals surface area contributed by atoms with Crippen molar-refractivity contribution in [2.75, 3.05) is 25.1 Å². The van der Waals surface area contributed by atoms with Crippen LogP contribution in [0.15, 0.2) is 18.2 Å². The van der Waals surface area contributed by atoms with Crippen LogP contribution in [-0.2, 0) is 19.1 Å². The number of ether oxygens (including phenoxy) is 2. The highest BCUT2D eigenvalue weighted by Gasteiger charge is 2.47. The zero-order valence-corrected chi connectivity index (χ0v) is 29.3. The summed E-state index contributed by atoms with van der Waals surface area (Å²) in [6.07, 6.45) is 8.04. The third-order valence-corrected chi connectivity index (χ3v) is 10.7. The number of nitrogens with zero attached hydrogens (tertiary/aromatic N) is 1. The van der Waals surface area contributed by atoms with E-state index in [2.05, 4.69) is 15.6 Å². The molecule has 2 saturated carbocycles. The van der Waals surface area contributed by atoms with E-state index in [1.165, 1.54) is 6.42 Å². The molecule has 3 N–H and O–H groups in total. The van der Waals surface area contributed by atoms with Gasteiger partial charge in [0.1, 0.15) is 24.0 Å².